The van der Waals surface area contributed by atoms with Crippen molar-refractivity contribution >= 4 is 48.6 Å². The van der Waals surface area contributed by atoms with Crippen LogP contribution in [-0.4, -0.2) is 0 Å². The van der Waals surface area contributed by atoms with Crippen LogP contribution in [0, 0.1) is 0 Å². The summed E-state index contributed by atoms with van der Waals surface area (Å²) in [5.74, 6) is 0. The Bertz CT molecular complexity index is 3090. The highest BCUT2D eigenvalue weighted by Gasteiger charge is 2.56. The molecule has 2 aliphatic rings. The molecule has 0 fully saturated rings. The second-order valence-electron chi connectivity index (χ2n) is 15.5. The zero-order valence-electron chi connectivity index (χ0n) is 31.7. The minimum Gasteiger partial charge on any atom is -0.310 e. The molecule has 10 aromatic rings. The molecular weight excluding hydrogens is 719 g/mol. The quantitative estimate of drug-likeness (QED) is 0.169. The van der Waals surface area contributed by atoms with E-state index in [4.69, 9.17) is 0 Å². The fourth-order valence-corrected chi connectivity index (χ4v) is 11.7. The zero-order chi connectivity index (χ0) is 38.3. The predicted molar refractivity (Wildman–Crippen MR) is 243 cm³/mol. The molecule has 0 N–H and O–H groups in total. The lowest BCUT2D eigenvalue weighted by molar-refractivity contribution is 0.623. The number of nitrogens with zero attached hydrogens (tertiary/aromatic N) is 1. The summed E-state index contributed by atoms with van der Waals surface area (Å²) in [5, 5.41) is 2.59. The van der Waals surface area contributed by atoms with Crippen molar-refractivity contribution < 1.29 is 0 Å². The van der Waals surface area contributed by atoms with Crippen LogP contribution in [0.25, 0.3) is 31.3 Å². The lowest BCUT2D eigenvalue weighted by Gasteiger charge is -2.50. The third-order valence-electron chi connectivity index (χ3n) is 12.8. The van der Waals surface area contributed by atoms with Crippen molar-refractivity contribution in [2.24, 2.45) is 0 Å². The normalized spacial score (nSPS) is 14.1. The van der Waals surface area contributed by atoms with Gasteiger partial charge < -0.3 is 4.90 Å². The Morgan fingerprint density at radius 3 is 1.41 bits per heavy atom. The number of hydrogen-bond acceptors (Lipinski definition) is 2. The van der Waals surface area contributed by atoms with Gasteiger partial charge in [-0.15, -0.1) is 11.3 Å². The van der Waals surface area contributed by atoms with Crippen LogP contribution in [0.15, 0.2) is 224 Å². The fraction of sp³-hybridized carbons (Fsp3) is 0.0357. The highest BCUT2D eigenvalue weighted by molar-refractivity contribution is 7.25. The van der Waals surface area contributed by atoms with Gasteiger partial charge in [-0.2, -0.15) is 0 Å². The van der Waals surface area contributed by atoms with Gasteiger partial charge in [0.1, 0.15) is 0 Å². The Morgan fingerprint density at radius 1 is 0.293 bits per heavy atom. The average molecular weight is 756 g/mol. The van der Waals surface area contributed by atoms with Crippen molar-refractivity contribution in [3.8, 4) is 11.1 Å². The van der Waals surface area contributed by atoms with E-state index in [1.165, 1.54) is 75.8 Å². The van der Waals surface area contributed by atoms with Crippen molar-refractivity contribution in [3.63, 3.8) is 0 Å². The van der Waals surface area contributed by atoms with E-state index < -0.39 is 10.8 Å². The maximum absolute atomic E-state index is 2.50. The monoisotopic (exact) mass is 755 g/mol. The largest absolute Gasteiger partial charge is 0.310 e. The van der Waals surface area contributed by atoms with Gasteiger partial charge in [0.15, 0.2) is 0 Å². The van der Waals surface area contributed by atoms with E-state index in [1.807, 2.05) is 11.3 Å². The number of anilines is 3. The van der Waals surface area contributed by atoms with Crippen LogP contribution in [0.3, 0.4) is 0 Å². The Balaban J connectivity index is 1.17. The third-order valence-corrected chi connectivity index (χ3v) is 14.0. The molecule has 272 valence electrons. The molecule has 2 aliphatic carbocycles. The summed E-state index contributed by atoms with van der Waals surface area (Å²) in [5.41, 5.74) is 15.3. The summed E-state index contributed by atoms with van der Waals surface area (Å²) in [4.78, 5) is 2.45. The third kappa shape index (κ3) is 4.47. The molecule has 12 rings (SSSR count). The molecule has 0 atom stereocenters. The van der Waals surface area contributed by atoms with Gasteiger partial charge in [0.25, 0.3) is 0 Å². The Kier molecular flexibility index (Phi) is 7.30. The second-order valence-corrected chi connectivity index (χ2v) is 16.6. The summed E-state index contributed by atoms with van der Waals surface area (Å²) >= 11 is 1.86. The first-order chi connectivity index (χ1) is 28.8. The topological polar surface area (TPSA) is 3.24 Å². The second kappa shape index (κ2) is 12.8. The summed E-state index contributed by atoms with van der Waals surface area (Å²) in [6.07, 6.45) is 0. The van der Waals surface area contributed by atoms with Gasteiger partial charge in [0.2, 0.25) is 0 Å². The maximum Gasteiger partial charge on any atom is 0.0720 e. The Morgan fingerprint density at radius 2 is 0.759 bits per heavy atom. The Labute approximate surface area is 342 Å². The van der Waals surface area contributed by atoms with Gasteiger partial charge in [-0.3, -0.25) is 0 Å². The first kappa shape index (κ1) is 33.2. The molecule has 0 unspecified atom stereocenters. The first-order valence-corrected chi connectivity index (χ1v) is 20.9. The number of thiophene rings is 1. The number of hydrogen-bond donors (Lipinski definition) is 0. The van der Waals surface area contributed by atoms with Crippen LogP contribution in [0.2, 0.25) is 0 Å². The zero-order valence-corrected chi connectivity index (χ0v) is 32.5. The highest BCUT2D eigenvalue weighted by Crippen LogP contribution is 2.65. The lowest BCUT2D eigenvalue weighted by atomic mass is 9.51. The van der Waals surface area contributed by atoms with Crippen LogP contribution in [-0.2, 0) is 10.8 Å². The van der Waals surface area contributed by atoms with Gasteiger partial charge in [-0.25, -0.2) is 0 Å². The molecule has 58 heavy (non-hydrogen) atoms. The number of benzene rings is 9. The van der Waals surface area contributed by atoms with Crippen LogP contribution < -0.4 is 4.90 Å². The standard InChI is InChI=1S/C56H37NS/c1-4-18-38(19-5-1)55(39-20-6-2-7-21-39)48-27-13-15-29-50(48)56(51-30-16-14-28-49(51)55)47-26-12-10-24-43(47)44-34-32-42(37-52(44)56)57(40-22-8-3-9-23-40)41-33-35-54-46(36-41)45-25-11-17-31-53(45)58-54/h1-37H. The van der Waals surface area contributed by atoms with E-state index in [0.717, 1.165) is 17.1 Å². The van der Waals surface area contributed by atoms with Crippen molar-refractivity contribution in [2.45, 2.75) is 10.8 Å². The highest BCUT2D eigenvalue weighted by atomic mass is 32.1. The minimum atomic E-state index is -0.571. The van der Waals surface area contributed by atoms with Gasteiger partial charge in [-0.1, -0.05) is 176 Å². The van der Waals surface area contributed by atoms with E-state index in [0.29, 0.717) is 0 Å². The number of para-hydroxylation sites is 1. The van der Waals surface area contributed by atoms with Crippen molar-refractivity contribution in [2.75, 3.05) is 4.90 Å². The molecule has 0 bridgehead atoms. The number of rotatable bonds is 5. The molecular formula is C56H37NS. The Hall–Kier alpha value is -7.00. The average Bonchev–Trinajstić information content (AvgIpc) is 3.81. The SMILES string of the molecule is c1ccc(N(c2ccc3c(c2)C2(c4ccccc4-3)c3ccccc3C(c3ccccc3)(c3ccccc3)c3ccccc32)c2ccc3sc4ccccc4c3c2)cc1. The maximum atomic E-state index is 2.50. The van der Waals surface area contributed by atoms with E-state index in [9.17, 15) is 0 Å². The summed E-state index contributed by atoms with van der Waals surface area (Å²) in [7, 11) is 0. The predicted octanol–water partition coefficient (Wildman–Crippen LogP) is 14.6. The summed E-state index contributed by atoms with van der Waals surface area (Å²) in [6, 6.07) is 83.8. The van der Waals surface area contributed by atoms with Crippen molar-refractivity contribution in [1.82, 2.24) is 0 Å². The molecule has 0 saturated carbocycles. The molecule has 1 nitrogen and oxygen atoms in total. The smallest absolute Gasteiger partial charge is 0.0720 e. The minimum absolute atomic E-state index is 0.537. The summed E-state index contributed by atoms with van der Waals surface area (Å²) < 4.78 is 2.62. The molecule has 9 aromatic carbocycles. The molecule has 0 aliphatic heterocycles. The van der Waals surface area contributed by atoms with Crippen LogP contribution >= 0.6 is 11.3 Å². The molecule has 1 spiro atoms. The molecule has 0 amide bonds. The van der Waals surface area contributed by atoms with E-state index in [1.54, 1.807) is 0 Å². The first-order valence-electron chi connectivity index (χ1n) is 20.1. The molecule has 2 heteroatoms. The van der Waals surface area contributed by atoms with E-state index in [-0.39, 0.29) is 0 Å². The molecule has 1 aromatic heterocycles. The summed E-state index contributed by atoms with van der Waals surface area (Å²) in [6.45, 7) is 0. The van der Waals surface area contributed by atoms with E-state index >= 15 is 0 Å². The van der Waals surface area contributed by atoms with E-state index in [2.05, 4.69) is 229 Å². The lowest BCUT2D eigenvalue weighted by Crippen LogP contribution is -2.44. The van der Waals surface area contributed by atoms with Crippen LogP contribution in [0.4, 0.5) is 17.1 Å². The molecule has 0 saturated heterocycles. The molecule has 0 radical (unpaired) electrons. The van der Waals surface area contributed by atoms with Gasteiger partial charge >= 0.3 is 0 Å². The van der Waals surface area contributed by atoms with Gasteiger partial charge in [0, 0.05) is 37.2 Å². The molecule has 1 heterocycles. The van der Waals surface area contributed by atoms with Gasteiger partial charge in [0.05, 0.1) is 10.8 Å². The van der Waals surface area contributed by atoms with Gasteiger partial charge in [-0.05, 0) is 104 Å². The van der Waals surface area contributed by atoms with Crippen LogP contribution in [0.5, 0.6) is 0 Å². The van der Waals surface area contributed by atoms with Crippen LogP contribution in [0.1, 0.15) is 44.5 Å². The van der Waals surface area contributed by atoms with Crippen molar-refractivity contribution in [1.29, 1.82) is 0 Å². The fourth-order valence-electron chi connectivity index (χ4n) is 10.6. The number of fused-ring (bicyclic) bond motifs is 12. The van der Waals surface area contributed by atoms with Crippen molar-refractivity contribution in [3.05, 3.63) is 269 Å².